The standard InChI is InChI=1S/C18H17N3O3S2/c1-11-13(10-20(2)19-11)9-15-16(22)21(18(25)26-15)14(17(23)24)8-12-6-4-3-5-7-12/h3-7,9-10,14H,8H2,1-2H3,(H,23,24)/b15-9+/t14-/m1/s1. The van der Waals surface area contributed by atoms with Gasteiger partial charge in [-0.3, -0.25) is 14.4 Å². The van der Waals surface area contributed by atoms with Gasteiger partial charge in [0.2, 0.25) is 0 Å². The van der Waals surface area contributed by atoms with Gasteiger partial charge < -0.3 is 5.11 Å². The predicted octanol–water partition coefficient (Wildman–Crippen LogP) is 2.63. The highest BCUT2D eigenvalue weighted by atomic mass is 32.2. The van der Waals surface area contributed by atoms with Crippen LogP contribution in [0.25, 0.3) is 6.08 Å². The Hall–Kier alpha value is -2.45. The van der Waals surface area contributed by atoms with Crippen LogP contribution in [-0.4, -0.2) is 42.0 Å². The molecule has 2 aromatic rings. The Balaban J connectivity index is 1.89. The number of aromatic nitrogens is 2. The summed E-state index contributed by atoms with van der Waals surface area (Å²) >= 11 is 6.42. The Morgan fingerprint density at radius 2 is 2.08 bits per heavy atom. The van der Waals surface area contributed by atoms with E-state index in [1.807, 2.05) is 37.3 Å². The SMILES string of the molecule is Cc1nn(C)cc1/C=C1/SC(=S)N([C@H](Cc2ccccc2)C(=O)O)C1=O. The van der Waals surface area contributed by atoms with Crippen molar-refractivity contribution in [2.24, 2.45) is 7.05 Å². The molecule has 1 N–H and O–H groups in total. The summed E-state index contributed by atoms with van der Waals surface area (Å²) in [7, 11) is 1.80. The number of hydrogen-bond acceptors (Lipinski definition) is 5. The van der Waals surface area contributed by atoms with E-state index in [9.17, 15) is 14.7 Å². The Bertz CT molecular complexity index is 906. The first-order chi connectivity index (χ1) is 12.4. The maximum Gasteiger partial charge on any atom is 0.327 e. The van der Waals surface area contributed by atoms with Crippen LogP contribution in [0, 0.1) is 6.92 Å². The number of carbonyl (C=O) groups is 2. The van der Waals surface area contributed by atoms with Crippen LogP contribution in [-0.2, 0) is 23.1 Å². The summed E-state index contributed by atoms with van der Waals surface area (Å²) in [5.74, 6) is -1.46. The van der Waals surface area contributed by atoms with Gasteiger partial charge in [0, 0.05) is 25.2 Å². The number of rotatable bonds is 5. The van der Waals surface area contributed by atoms with Crippen LogP contribution in [0.5, 0.6) is 0 Å². The quantitative estimate of drug-likeness (QED) is 0.628. The molecule has 0 aliphatic carbocycles. The van der Waals surface area contributed by atoms with E-state index in [0.717, 1.165) is 28.6 Å². The molecule has 134 valence electrons. The second-order valence-corrected chi connectivity index (χ2v) is 7.61. The lowest BCUT2D eigenvalue weighted by molar-refractivity contribution is -0.145. The maximum atomic E-state index is 12.8. The van der Waals surface area contributed by atoms with Crippen LogP contribution in [0.3, 0.4) is 0 Å². The molecule has 1 aromatic heterocycles. The van der Waals surface area contributed by atoms with Gasteiger partial charge in [0.1, 0.15) is 10.4 Å². The van der Waals surface area contributed by atoms with Gasteiger partial charge in [0.15, 0.2) is 0 Å². The molecule has 1 saturated heterocycles. The number of amides is 1. The minimum atomic E-state index is -1.08. The van der Waals surface area contributed by atoms with E-state index in [-0.39, 0.29) is 16.6 Å². The Kier molecular flexibility index (Phi) is 5.24. The monoisotopic (exact) mass is 387 g/mol. The zero-order valence-electron chi connectivity index (χ0n) is 14.2. The molecule has 0 bridgehead atoms. The summed E-state index contributed by atoms with van der Waals surface area (Å²) in [6, 6.07) is 8.17. The first kappa shape index (κ1) is 18.3. The Morgan fingerprint density at radius 1 is 1.38 bits per heavy atom. The number of aliphatic carboxylic acids is 1. The fraction of sp³-hybridized carbons (Fsp3) is 0.222. The molecule has 1 fully saturated rings. The zero-order chi connectivity index (χ0) is 18.8. The first-order valence-electron chi connectivity index (χ1n) is 7.91. The van der Waals surface area contributed by atoms with Gasteiger partial charge in [-0.25, -0.2) is 4.79 Å². The van der Waals surface area contributed by atoms with Gasteiger partial charge in [0.25, 0.3) is 5.91 Å². The van der Waals surface area contributed by atoms with Crippen molar-refractivity contribution in [1.82, 2.24) is 14.7 Å². The molecule has 0 spiro atoms. The van der Waals surface area contributed by atoms with Gasteiger partial charge in [-0.15, -0.1) is 0 Å². The number of thioether (sulfide) groups is 1. The Morgan fingerprint density at radius 3 is 2.65 bits per heavy atom. The first-order valence-corrected chi connectivity index (χ1v) is 9.13. The highest BCUT2D eigenvalue weighted by Gasteiger charge is 2.40. The van der Waals surface area contributed by atoms with Crippen molar-refractivity contribution in [3.05, 3.63) is 58.3 Å². The molecule has 2 heterocycles. The van der Waals surface area contributed by atoms with Crippen molar-refractivity contribution >= 4 is 46.3 Å². The van der Waals surface area contributed by atoms with Crippen LogP contribution in [0.4, 0.5) is 0 Å². The number of carbonyl (C=O) groups excluding carboxylic acids is 1. The van der Waals surface area contributed by atoms with Crippen molar-refractivity contribution in [3.8, 4) is 0 Å². The maximum absolute atomic E-state index is 12.8. The average Bonchev–Trinajstić information content (AvgIpc) is 3.05. The lowest BCUT2D eigenvalue weighted by atomic mass is 10.0. The molecule has 0 saturated carbocycles. The highest BCUT2D eigenvalue weighted by molar-refractivity contribution is 8.26. The molecule has 3 rings (SSSR count). The van der Waals surface area contributed by atoms with Crippen LogP contribution in [0.2, 0.25) is 0 Å². The number of carboxylic acid groups (broad SMARTS) is 1. The molecular weight excluding hydrogens is 370 g/mol. The smallest absolute Gasteiger partial charge is 0.327 e. The van der Waals surface area contributed by atoms with Crippen molar-refractivity contribution in [1.29, 1.82) is 0 Å². The third kappa shape index (κ3) is 3.71. The summed E-state index contributed by atoms with van der Waals surface area (Å²) < 4.78 is 1.92. The number of nitrogens with zero attached hydrogens (tertiary/aromatic N) is 3. The molecule has 8 heteroatoms. The molecule has 0 unspecified atom stereocenters. The lowest BCUT2D eigenvalue weighted by Crippen LogP contribution is -2.45. The fourth-order valence-corrected chi connectivity index (χ4v) is 4.12. The van der Waals surface area contributed by atoms with E-state index >= 15 is 0 Å². The van der Waals surface area contributed by atoms with Gasteiger partial charge >= 0.3 is 5.97 Å². The van der Waals surface area contributed by atoms with E-state index in [2.05, 4.69) is 5.10 Å². The number of hydrogen-bond donors (Lipinski definition) is 1. The number of benzene rings is 1. The van der Waals surface area contributed by atoms with E-state index in [0.29, 0.717) is 4.91 Å². The summed E-state index contributed by atoms with van der Waals surface area (Å²) in [5, 5.41) is 13.9. The van der Waals surface area contributed by atoms with Gasteiger partial charge in [0.05, 0.1) is 10.6 Å². The van der Waals surface area contributed by atoms with E-state index in [4.69, 9.17) is 12.2 Å². The second-order valence-electron chi connectivity index (χ2n) is 5.94. The van der Waals surface area contributed by atoms with Crippen LogP contribution < -0.4 is 0 Å². The summed E-state index contributed by atoms with van der Waals surface area (Å²) in [6.07, 6.45) is 3.71. The normalized spacial score (nSPS) is 17.2. The predicted molar refractivity (Wildman–Crippen MR) is 105 cm³/mol. The zero-order valence-corrected chi connectivity index (χ0v) is 15.9. The van der Waals surface area contributed by atoms with Crippen molar-refractivity contribution in [2.45, 2.75) is 19.4 Å². The number of thiocarbonyl (C=S) groups is 1. The fourth-order valence-electron chi connectivity index (χ4n) is 2.78. The Labute approximate surface area is 160 Å². The van der Waals surface area contributed by atoms with Crippen LogP contribution in [0.15, 0.2) is 41.4 Å². The average molecular weight is 387 g/mol. The van der Waals surface area contributed by atoms with E-state index in [1.54, 1.807) is 24.0 Å². The topological polar surface area (TPSA) is 75.4 Å². The molecule has 1 amide bonds. The molecule has 1 atom stereocenters. The van der Waals surface area contributed by atoms with E-state index < -0.39 is 12.0 Å². The largest absolute Gasteiger partial charge is 0.480 e. The molecule has 26 heavy (non-hydrogen) atoms. The van der Waals surface area contributed by atoms with Gasteiger partial charge in [-0.05, 0) is 18.6 Å². The minimum absolute atomic E-state index is 0.196. The van der Waals surface area contributed by atoms with Crippen molar-refractivity contribution in [3.63, 3.8) is 0 Å². The lowest BCUT2D eigenvalue weighted by Gasteiger charge is -2.23. The summed E-state index contributed by atoms with van der Waals surface area (Å²) in [5.41, 5.74) is 2.43. The second kappa shape index (κ2) is 7.43. The molecule has 1 aliphatic heterocycles. The summed E-state index contributed by atoms with van der Waals surface area (Å²) in [4.78, 5) is 26.3. The van der Waals surface area contributed by atoms with Crippen molar-refractivity contribution in [2.75, 3.05) is 0 Å². The molecule has 1 aliphatic rings. The molecule has 6 nitrogen and oxygen atoms in total. The molecule has 1 aromatic carbocycles. The van der Waals surface area contributed by atoms with Gasteiger partial charge in [-0.2, -0.15) is 5.10 Å². The number of aryl methyl sites for hydroxylation is 2. The highest BCUT2D eigenvalue weighted by Crippen LogP contribution is 2.35. The third-order valence-corrected chi connectivity index (χ3v) is 5.36. The van der Waals surface area contributed by atoms with Crippen molar-refractivity contribution < 1.29 is 14.7 Å². The van der Waals surface area contributed by atoms with E-state index in [1.165, 1.54) is 4.90 Å². The number of carboxylic acids is 1. The molecule has 0 radical (unpaired) electrons. The van der Waals surface area contributed by atoms with Crippen LogP contribution in [0.1, 0.15) is 16.8 Å². The molecular formula is C18H17N3O3S2. The third-order valence-electron chi connectivity index (χ3n) is 4.03. The summed E-state index contributed by atoms with van der Waals surface area (Å²) in [6.45, 7) is 1.85. The van der Waals surface area contributed by atoms with Crippen LogP contribution >= 0.6 is 24.0 Å². The minimum Gasteiger partial charge on any atom is -0.480 e. The van der Waals surface area contributed by atoms with Gasteiger partial charge in [-0.1, -0.05) is 54.3 Å².